The fraction of sp³-hybridized carbons (Fsp3) is 0.875. The first-order valence-corrected chi connectivity index (χ1v) is 9.66. The molecule has 2 amide bonds. The van der Waals surface area contributed by atoms with E-state index in [1.165, 1.54) is 25.7 Å². The van der Waals surface area contributed by atoms with Crippen LogP contribution in [0.5, 0.6) is 0 Å². The molecule has 2 N–H and O–H groups in total. The van der Waals surface area contributed by atoms with E-state index in [9.17, 15) is 9.59 Å². The maximum absolute atomic E-state index is 12.6. The summed E-state index contributed by atoms with van der Waals surface area (Å²) in [5.41, 5.74) is 5.54. The van der Waals surface area contributed by atoms with E-state index in [-0.39, 0.29) is 22.7 Å². The van der Waals surface area contributed by atoms with Crippen LogP contribution in [0.3, 0.4) is 0 Å². The summed E-state index contributed by atoms with van der Waals surface area (Å²) in [6, 6.07) is 0.0310. The molecule has 1 saturated carbocycles. The SMILES string of the molecule is CC1CCCCC1CN1CCN(C2CNNC(=O)C2Br)CC1=O. The van der Waals surface area contributed by atoms with Gasteiger partial charge in [-0.3, -0.25) is 19.9 Å². The van der Waals surface area contributed by atoms with Gasteiger partial charge in [-0.15, -0.1) is 0 Å². The first-order chi connectivity index (χ1) is 11.1. The zero-order chi connectivity index (χ0) is 16.4. The highest BCUT2D eigenvalue weighted by Gasteiger charge is 2.38. The zero-order valence-corrected chi connectivity index (χ0v) is 15.3. The quantitative estimate of drug-likeness (QED) is 0.701. The number of halogens is 1. The third kappa shape index (κ3) is 3.88. The van der Waals surface area contributed by atoms with Crippen molar-refractivity contribution in [3.05, 3.63) is 0 Å². The number of hydrogen-bond donors (Lipinski definition) is 2. The van der Waals surface area contributed by atoms with Crippen molar-refractivity contribution < 1.29 is 9.59 Å². The van der Waals surface area contributed by atoms with Gasteiger partial charge in [0.2, 0.25) is 11.8 Å². The third-order valence-corrected chi connectivity index (χ3v) is 6.70. The first kappa shape index (κ1) is 17.2. The molecule has 0 aromatic carbocycles. The second-order valence-corrected chi connectivity index (χ2v) is 8.16. The van der Waals surface area contributed by atoms with Crippen LogP contribution in [0.1, 0.15) is 32.6 Å². The predicted octanol–water partition coefficient (Wildman–Crippen LogP) is 0.723. The molecule has 3 fully saturated rings. The molecule has 6 nitrogen and oxygen atoms in total. The number of nitrogens with one attached hydrogen (secondary N) is 2. The second-order valence-electron chi connectivity index (χ2n) is 7.17. The molecule has 0 aromatic rings. The van der Waals surface area contributed by atoms with E-state index < -0.39 is 0 Å². The smallest absolute Gasteiger partial charge is 0.249 e. The normalized spacial score (nSPS) is 36.9. The van der Waals surface area contributed by atoms with Gasteiger partial charge in [0.1, 0.15) is 4.83 Å². The molecule has 2 aliphatic heterocycles. The summed E-state index contributed by atoms with van der Waals surface area (Å²) in [6.45, 7) is 5.94. The molecular weight excluding hydrogens is 360 g/mol. The monoisotopic (exact) mass is 386 g/mol. The van der Waals surface area contributed by atoms with Crippen LogP contribution in [0.15, 0.2) is 0 Å². The van der Waals surface area contributed by atoms with Gasteiger partial charge >= 0.3 is 0 Å². The summed E-state index contributed by atoms with van der Waals surface area (Å²) in [5, 5.41) is 0. The largest absolute Gasteiger partial charge is 0.340 e. The summed E-state index contributed by atoms with van der Waals surface area (Å²) in [5.74, 6) is 1.53. The third-order valence-electron chi connectivity index (χ3n) is 5.67. The molecule has 0 radical (unpaired) electrons. The van der Waals surface area contributed by atoms with Gasteiger partial charge in [0.25, 0.3) is 0 Å². The van der Waals surface area contributed by atoms with Crippen LogP contribution < -0.4 is 10.9 Å². The Hall–Kier alpha value is -0.660. The van der Waals surface area contributed by atoms with Crippen molar-refractivity contribution in [1.29, 1.82) is 0 Å². The number of nitrogens with zero attached hydrogens (tertiary/aromatic N) is 2. The van der Waals surface area contributed by atoms with Crippen molar-refractivity contribution in [3.8, 4) is 0 Å². The van der Waals surface area contributed by atoms with Crippen LogP contribution in [0.4, 0.5) is 0 Å². The molecule has 0 aromatic heterocycles. The Morgan fingerprint density at radius 2 is 2.00 bits per heavy atom. The summed E-state index contributed by atoms with van der Waals surface area (Å²) in [6.07, 6.45) is 5.19. The van der Waals surface area contributed by atoms with Crippen LogP contribution >= 0.6 is 15.9 Å². The van der Waals surface area contributed by atoms with E-state index in [0.29, 0.717) is 19.0 Å². The standard InChI is InChI=1S/C16H27BrN4O2/c1-11-4-2-3-5-12(11)9-21-7-6-20(10-14(21)22)13-8-18-19-16(23)15(13)17/h11-13,15,18H,2-10H2,1H3,(H,19,23). The Bertz CT molecular complexity index is 461. The van der Waals surface area contributed by atoms with E-state index in [4.69, 9.17) is 0 Å². The van der Waals surface area contributed by atoms with Gasteiger partial charge in [-0.1, -0.05) is 42.1 Å². The molecule has 2 saturated heterocycles. The molecule has 130 valence electrons. The van der Waals surface area contributed by atoms with Crippen LogP contribution in [-0.2, 0) is 9.59 Å². The predicted molar refractivity (Wildman–Crippen MR) is 91.9 cm³/mol. The molecule has 23 heavy (non-hydrogen) atoms. The van der Waals surface area contributed by atoms with E-state index in [0.717, 1.165) is 25.6 Å². The van der Waals surface area contributed by atoms with Gasteiger partial charge in [-0.05, 0) is 18.3 Å². The molecule has 7 heteroatoms. The van der Waals surface area contributed by atoms with Crippen LogP contribution in [0, 0.1) is 11.8 Å². The van der Waals surface area contributed by atoms with E-state index in [1.807, 2.05) is 4.90 Å². The second kappa shape index (κ2) is 7.49. The minimum absolute atomic E-state index is 0.0310. The van der Waals surface area contributed by atoms with Crippen molar-refractivity contribution in [2.45, 2.75) is 43.5 Å². The molecule has 0 bridgehead atoms. The number of alkyl halides is 1. The fourth-order valence-electron chi connectivity index (χ4n) is 4.05. The summed E-state index contributed by atoms with van der Waals surface area (Å²) >= 11 is 3.46. The average Bonchev–Trinajstić information content (AvgIpc) is 2.54. The highest BCUT2D eigenvalue weighted by Crippen LogP contribution is 2.30. The van der Waals surface area contributed by atoms with Crippen molar-refractivity contribution >= 4 is 27.7 Å². The Balaban J connectivity index is 1.55. The average molecular weight is 387 g/mol. The number of hydrogen-bond acceptors (Lipinski definition) is 4. The Kier molecular flexibility index (Phi) is 5.59. The Morgan fingerprint density at radius 3 is 2.74 bits per heavy atom. The fourth-order valence-corrected chi connectivity index (χ4v) is 4.69. The minimum atomic E-state index is -0.263. The molecule has 4 unspecified atom stereocenters. The van der Waals surface area contributed by atoms with Crippen molar-refractivity contribution in [1.82, 2.24) is 20.7 Å². The van der Waals surface area contributed by atoms with Gasteiger partial charge in [0, 0.05) is 32.2 Å². The lowest BCUT2D eigenvalue weighted by atomic mass is 9.80. The Labute approximate surface area is 146 Å². The van der Waals surface area contributed by atoms with Crippen molar-refractivity contribution in [2.24, 2.45) is 11.8 Å². The zero-order valence-electron chi connectivity index (χ0n) is 13.8. The van der Waals surface area contributed by atoms with Crippen molar-refractivity contribution in [2.75, 3.05) is 32.7 Å². The van der Waals surface area contributed by atoms with E-state index >= 15 is 0 Å². The molecule has 3 rings (SSSR count). The maximum atomic E-state index is 12.6. The van der Waals surface area contributed by atoms with Gasteiger partial charge in [0.15, 0.2) is 0 Å². The van der Waals surface area contributed by atoms with E-state index in [1.54, 1.807) is 0 Å². The summed E-state index contributed by atoms with van der Waals surface area (Å²) in [7, 11) is 0. The minimum Gasteiger partial charge on any atom is -0.340 e. The van der Waals surface area contributed by atoms with Crippen molar-refractivity contribution in [3.63, 3.8) is 0 Å². The van der Waals surface area contributed by atoms with Gasteiger partial charge in [-0.25, -0.2) is 5.43 Å². The number of carbonyl (C=O) groups excluding carboxylic acids is 2. The number of hydrazine groups is 1. The summed E-state index contributed by atoms with van der Waals surface area (Å²) in [4.78, 5) is 28.2. The van der Waals surface area contributed by atoms with Gasteiger partial charge in [0.05, 0.1) is 6.54 Å². The number of rotatable bonds is 3. The lowest BCUT2D eigenvalue weighted by Crippen LogP contribution is -2.65. The van der Waals surface area contributed by atoms with Gasteiger partial charge < -0.3 is 4.90 Å². The lowest BCUT2D eigenvalue weighted by Gasteiger charge is -2.43. The van der Waals surface area contributed by atoms with Crippen LogP contribution in [0.2, 0.25) is 0 Å². The highest BCUT2D eigenvalue weighted by molar-refractivity contribution is 9.10. The molecule has 1 aliphatic carbocycles. The maximum Gasteiger partial charge on any atom is 0.249 e. The molecular formula is C16H27BrN4O2. The van der Waals surface area contributed by atoms with Crippen LogP contribution in [-0.4, -0.2) is 65.2 Å². The molecule has 4 atom stereocenters. The lowest BCUT2D eigenvalue weighted by molar-refractivity contribution is -0.139. The number of amides is 2. The molecule has 2 heterocycles. The Morgan fingerprint density at radius 1 is 1.22 bits per heavy atom. The number of carbonyl (C=O) groups is 2. The molecule has 3 aliphatic rings. The van der Waals surface area contributed by atoms with Gasteiger partial charge in [-0.2, -0.15) is 0 Å². The summed E-state index contributed by atoms with van der Waals surface area (Å²) < 4.78 is 0. The van der Waals surface area contributed by atoms with E-state index in [2.05, 4.69) is 38.6 Å². The first-order valence-electron chi connectivity index (χ1n) is 8.75. The topological polar surface area (TPSA) is 64.7 Å². The van der Waals surface area contributed by atoms with Crippen LogP contribution in [0.25, 0.3) is 0 Å². The number of piperazine rings is 1. The highest BCUT2D eigenvalue weighted by atomic mass is 79.9. The molecule has 0 spiro atoms.